The maximum absolute atomic E-state index is 12.2. The number of benzene rings is 2. The molecule has 2 fully saturated rings. The van der Waals surface area contributed by atoms with Gasteiger partial charge in [-0.3, -0.25) is 4.79 Å². The molecule has 1 heterocycles. The summed E-state index contributed by atoms with van der Waals surface area (Å²) in [4.78, 5) is 24.0. The van der Waals surface area contributed by atoms with Crippen LogP contribution in [0.5, 0.6) is 17.2 Å². The highest BCUT2D eigenvalue weighted by atomic mass is 16.6. The van der Waals surface area contributed by atoms with Crippen molar-refractivity contribution in [2.45, 2.75) is 37.9 Å². The number of hydrogen-bond acceptors (Lipinski definition) is 7. The number of carbonyl (C=O) groups excluding carboxylic acids is 2. The summed E-state index contributed by atoms with van der Waals surface area (Å²) in [5.74, 6) is 1.15. The first kappa shape index (κ1) is 19.7. The molecule has 2 saturated carbocycles. The van der Waals surface area contributed by atoms with E-state index in [9.17, 15) is 9.59 Å². The summed E-state index contributed by atoms with van der Waals surface area (Å²) < 4.78 is 28.2. The van der Waals surface area contributed by atoms with Crippen molar-refractivity contribution in [1.82, 2.24) is 0 Å². The number of rotatable bonds is 8. The maximum Gasteiger partial charge on any atom is 0.338 e. The molecule has 2 aromatic carbocycles. The quantitative estimate of drug-likeness (QED) is 0.595. The number of esters is 2. The van der Waals surface area contributed by atoms with E-state index in [0.29, 0.717) is 22.8 Å². The molecule has 2 aliphatic carbocycles. The highest BCUT2D eigenvalue weighted by Crippen LogP contribution is 2.48. The number of hydrogen-bond donors (Lipinski definition) is 0. The molecule has 31 heavy (non-hydrogen) atoms. The van der Waals surface area contributed by atoms with Gasteiger partial charge in [-0.2, -0.15) is 0 Å². The molecule has 0 aromatic heterocycles. The van der Waals surface area contributed by atoms with E-state index < -0.39 is 5.60 Å². The number of ether oxygens (including phenoxy) is 5. The average Bonchev–Trinajstić information content (AvgIpc) is 3.71. The third kappa shape index (κ3) is 3.69. The van der Waals surface area contributed by atoms with Gasteiger partial charge in [0.05, 0.1) is 25.7 Å². The summed E-state index contributed by atoms with van der Waals surface area (Å²) in [5.41, 5.74) is 2.51. The molecule has 0 radical (unpaired) electrons. The van der Waals surface area contributed by atoms with Crippen LogP contribution in [0.1, 0.15) is 41.6 Å². The number of carbonyl (C=O) groups is 2. The minimum Gasteiger partial charge on any atom is -0.493 e. The molecule has 1 aliphatic heterocycles. The predicted molar refractivity (Wildman–Crippen MR) is 110 cm³/mol. The van der Waals surface area contributed by atoms with Gasteiger partial charge in [-0.1, -0.05) is 6.07 Å². The first-order valence-corrected chi connectivity index (χ1v) is 10.4. The topological polar surface area (TPSA) is 80.3 Å². The van der Waals surface area contributed by atoms with Crippen molar-refractivity contribution < 1.29 is 33.3 Å². The van der Waals surface area contributed by atoms with Gasteiger partial charge < -0.3 is 23.7 Å². The molecule has 0 N–H and O–H groups in total. The standard InChI is InChI=1S/C24H24O7/c1-27-19-8-7-17(15-5-6-18-16(11-15)12-29-23(18)26)20(21(19)28-2)30-13-24(9-10-24)31-22(25)14-3-4-14/h5-8,11,14H,3-4,9-10,12-13H2,1-2H3. The summed E-state index contributed by atoms with van der Waals surface area (Å²) in [5, 5.41) is 0. The van der Waals surface area contributed by atoms with Crippen molar-refractivity contribution in [3.63, 3.8) is 0 Å². The van der Waals surface area contributed by atoms with Gasteiger partial charge in [-0.25, -0.2) is 4.79 Å². The van der Waals surface area contributed by atoms with Crippen molar-refractivity contribution in [3.05, 3.63) is 41.5 Å². The second-order valence-corrected chi connectivity index (χ2v) is 8.29. The van der Waals surface area contributed by atoms with E-state index in [1.54, 1.807) is 20.3 Å². The summed E-state index contributed by atoms with van der Waals surface area (Å²) in [7, 11) is 3.13. The lowest BCUT2D eigenvalue weighted by molar-refractivity contribution is -0.154. The Morgan fingerprint density at radius 2 is 1.84 bits per heavy atom. The summed E-state index contributed by atoms with van der Waals surface area (Å²) >= 11 is 0. The Kier molecular flexibility index (Phi) is 4.76. The van der Waals surface area contributed by atoms with E-state index in [4.69, 9.17) is 23.7 Å². The third-order valence-electron chi connectivity index (χ3n) is 6.01. The van der Waals surface area contributed by atoms with Crippen LogP contribution in [-0.2, 0) is 20.9 Å². The normalized spacial score (nSPS) is 18.1. The Morgan fingerprint density at radius 3 is 2.52 bits per heavy atom. The first-order chi connectivity index (χ1) is 15.0. The van der Waals surface area contributed by atoms with Crippen LogP contribution in [0.15, 0.2) is 30.3 Å². The van der Waals surface area contributed by atoms with Gasteiger partial charge in [0.25, 0.3) is 0 Å². The van der Waals surface area contributed by atoms with E-state index in [0.717, 1.165) is 42.4 Å². The minimum absolute atomic E-state index is 0.0516. The van der Waals surface area contributed by atoms with Crippen LogP contribution < -0.4 is 14.2 Å². The molecule has 7 heteroatoms. The molecule has 0 unspecified atom stereocenters. The van der Waals surface area contributed by atoms with Crippen LogP contribution in [0.25, 0.3) is 11.1 Å². The fourth-order valence-electron chi connectivity index (χ4n) is 3.80. The van der Waals surface area contributed by atoms with Gasteiger partial charge >= 0.3 is 11.9 Å². The van der Waals surface area contributed by atoms with Gasteiger partial charge in [0, 0.05) is 11.1 Å². The molecule has 0 atom stereocenters. The SMILES string of the molecule is COc1ccc(-c2ccc3c(c2)COC3=O)c(OCC2(OC(=O)C3CC3)CC2)c1OC. The van der Waals surface area contributed by atoms with Crippen molar-refractivity contribution in [2.24, 2.45) is 5.92 Å². The zero-order chi connectivity index (χ0) is 21.6. The Balaban J connectivity index is 1.46. The second kappa shape index (κ2) is 7.48. The molecular weight excluding hydrogens is 400 g/mol. The largest absolute Gasteiger partial charge is 0.493 e. The van der Waals surface area contributed by atoms with E-state index in [1.165, 1.54) is 0 Å². The summed E-state index contributed by atoms with van der Waals surface area (Å²) in [6.45, 7) is 0.500. The lowest BCUT2D eigenvalue weighted by Gasteiger charge is -2.21. The van der Waals surface area contributed by atoms with Crippen molar-refractivity contribution in [2.75, 3.05) is 20.8 Å². The Bertz CT molecular complexity index is 1050. The van der Waals surface area contributed by atoms with Crippen molar-refractivity contribution >= 4 is 11.9 Å². The zero-order valence-corrected chi connectivity index (χ0v) is 17.6. The fraction of sp³-hybridized carbons (Fsp3) is 0.417. The Morgan fingerprint density at radius 1 is 1.06 bits per heavy atom. The summed E-state index contributed by atoms with van der Waals surface area (Å²) in [6, 6.07) is 9.26. The number of methoxy groups -OCH3 is 2. The minimum atomic E-state index is -0.566. The maximum atomic E-state index is 12.2. The first-order valence-electron chi connectivity index (χ1n) is 10.4. The molecular formula is C24H24O7. The Labute approximate surface area is 180 Å². The molecule has 0 bridgehead atoms. The third-order valence-corrected chi connectivity index (χ3v) is 6.01. The molecule has 2 aromatic rings. The molecule has 3 aliphatic rings. The van der Waals surface area contributed by atoms with Gasteiger partial charge in [-0.05, 0) is 55.5 Å². The summed E-state index contributed by atoms with van der Waals surface area (Å²) in [6.07, 6.45) is 3.39. The molecule has 7 nitrogen and oxygen atoms in total. The molecule has 162 valence electrons. The molecule has 0 amide bonds. The molecule has 0 saturated heterocycles. The Hall–Kier alpha value is -3.22. The van der Waals surface area contributed by atoms with Crippen LogP contribution in [0, 0.1) is 5.92 Å². The molecule has 0 spiro atoms. The smallest absolute Gasteiger partial charge is 0.338 e. The van der Waals surface area contributed by atoms with Crippen molar-refractivity contribution in [1.29, 1.82) is 0 Å². The van der Waals surface area contributed by atoms with Crippen LogP contribution in [-0.4, -0.2) is 38.4 Å². The highest BCUT2D eigenvalue weighted by Gasteiger charge is 2.50. The fourth-order valence-corrected chi connectivity index (χ4v) is 3.80. The van der Waals surface area contributed by atoms with Gasteiger partial charge in [0.15, 0.2) is 11.5 Å². The lowest BCUT2D eigenvalue weighted by atomic mass is 9.99. The predicted octanol–water partition coefficient (Wildman–Crippen LogP) is 3.91. The van der Waals surface area contributed by atoms with Crippen LogP contribution in [0.2, 0.25) is 0 Å². The van der Waals surface area contributed by atoms with E-state index in [2.05, 4.69) is 0 Å². The van der Waals surface area contributed by atoms with Crippen LogP contribution in [0.3, 0.4) is 0 Å². The van der Waals surface area contributed by atoms with Gasteiger partial charge in [0.1, 0.15) is 18.8 Å². The van der Waals surface area contributed by atoms with E-state index >= 15 is 0 Å². The monoisotopic (exact) mass is 424 g/mol. The van der Waals surface area contributed by atoms with Crippen molar-refractivity contribution in [3.8, 4) is 28.4 Å². The van der Waals surface area contributed by atoms with Gasteiger partial charge in [0.2, 0.25) is 5.75 Å². The van der Waals surface area contributed by atoms with Crippen LogP contribution >= 0.6 is 0 Å². The average molecular weight is 424 g/mol. The number of cyclic esters (lactones) is 1. The number of fused-ring (bicyclic) bond motifs is 1. The van der Waals surface area contributed by atoms with Gasteiger partial charge in [-0.15, -0.1) is 0 Å². The van der Waals surface area contributed by atoms with E-state index in [-0.39, 0.29) is 31.1 Å². The van der Waals surface area contributed by atoms with Crippen LogP contribution in [0.4, 0.5) is 0 Å². The lowest BCUT2D eigenvalue weighted by Crippen LogP contribution is -2.27. The highest BCUT2D eigenvalue weighted by molar-refractivity contribution is 5.94. The molecule has 5 rings (SSSR count). The second-order valence-electron chi connectivity index (χ2n) is 8.29. The van der Waals surface area contributed by atoms with E-state index in [1.807, 2.05) is 24.3 Å². The zero-order valence-electron chi connectivity index (χ0n) is 17.6.